The van der Waals surface area contributed by atoms with Crippen molar-refractivity contribution in [2.24, 2.45) is 0 Å². The molecule has 0 unspecified atom stereocenters. The second-order valence-corrected chi connectivity index (χ2v) is 3.50. The van der Waals surface area contributed by atoms with Crippen molar-refractivity contribution < 1.29 is 9.50 Å². The fourth-order valence-corrected chi connectivity index (χ4v) is 1.51. The van der Waals surface area contributed by atoms with Gasteiger partial charge in [-0.1, -0.05) is 17.9 Å². The minimum absolute atomic E-state index is 0.235. The predicted molar refractivity (Wildman–Crippen MR) is 61.7 cm³/mol. The van der Waals surface area contributed by atoms with Gasteiger partial charge in [0.2, 0.25) is 0 Å². The largest absolute Gasteiger partial charge is 0.384 e. The van der Waals surface area contributed by atoms with Crippen LogP contribution in [0.5, 0.6) is 0 Å². The van der Waals surface area contributed by atoms with E-state index in [1.807, 2.05) is 10.8 Å². The van der Waals surface area contributed by atoms with Crippen LogP contribution in [0.25, 0.3) is 0 Å². The van der Waals surface area contributed by atoms with E-state index in [1.165, 1.54) is 12.1 Å². The third-order valence-electron chi connectivity index (χ3n) is 2.29. The average Bonchev–Trinajstić information content (AvgIpc) is 2.82. The fraction of sp³-hybridized carbons (Fsp3) is 0.154. The van der Waals surface area contributed by atoms with Crippen LogP contribution in [0.1, 0.15) is 11.1 Å². The Morgan fingerprint density at radius 1 is 1.41 bits per heavy atom. The molecule has 0 aliphatic heterocycles. The summed E-state index contributed by atoms with van der Waals surface area (Å²) in [5.41, 5.74) is 1.48. The van der Waals surface area contributed by atoms with Crippen molar-refractivity contribution in [1.29, 1.82) is 0 Å². The Labute approximate surface area is 98.5 Å². The molecule has 0 radical (unpaired) electrons. The molecule has 3 nitrogen and oxygen atoms in total. The molecule has 0 amide bonds. The Kier molecular flexibility index (Phi) is 3.53. The van der Waals surface area contributed by atoms with Crippen molar-refractivity contribution in [1.82, 2.24) is 9.55 Å². The Morgan fingerprint density at radius 2 is 2.29 bits per heavy atom. The fourth-order valence-electron chi connectivity index (χ4n) is 1.51. The van der Waals surface area contributed by atoms with Gasteiger partial charge in [-0.15, -0.1) is 0 Å². The van der Waals surface area contributed by atoms with Gasteiger partial charge in [-0.3, -0.25) is 0 Å². The first-order valence-corrected chi connectivity index (χ1v) is 5.13. The lowest BCUT2D eigenvalue weighted by Crippen LogP contribution is -1.99. The van der Waals surface area contributed by atoms with Gasteiger partial charge in [0, 0.05) is 24.5 Å². The molecule has 1 aromatic carbocycles. The Balaban J connectivity index is 2.32. The number of aliphatic hydroxyl groups excluding tert-OH is 1. The zero-order chi connectivity index (χ0) is 12.1. The zero-order valence-corrected chi connectivity index (χ0v) is 9.10. The van der Waals surface area contributed by atoms with E-state index < -0.39 is 0 Å². The number of aromatic nitrogens is 2. The molecule has 1 aromatic heterocycles. The quantitative estimate of drug-likeness (QED) is 0.792. The number of halogens is 1. The first-order valence-electron chi connectivity index (χ1n) is 5.13. The maximum atomic E-state index is 13.1. The minimum Gasteiger partial charge on any atom is -0.384 e. The van der Waals surface area contributed by atoms with Crippen LogP contribution >= 0.6 is 0 Å². The Hall–Kier alpha value is -2.12. The van der Waals surface area contributed by atoms with Gasteiger partial charge in [0.15, 0.2) is 0 Å². The van der Waals surface area contributed by atoms with Gasteiger partial charge in [0.05, 0.1) is 6.33 Å². The highest BCUT2D eigenvalue weighted by atomic mass is 19.1. The molecule has 0 aliphatic rings. The van der Waals surface area contributed by atoms with Crippen LogP contribution in [0.2, 0.25) is 0 Å². The molecule has 17 heavy (non-hydrogen) atoms. The third-order valence-corrected chi connectivity index (χ3v) is 2.29. The number of hydrogen-bond acceptors (Lipinski definition) is 2. The standard InChI is InChI=1S/C13H11FN2O/c14-13-4-3-12(9-16-6-5-15-10-16)11(8-13)2-1-7-17/h3-6,8,10,17H,7,9H2. The molecular formula is C13H11FN2O. The Morgan fingerprint density at radius 3 is 3.00 bits per heavy atom. The summed E-state index contributed by atoms with van der Waals surface area (Å²) < 4.78 is 15.0. The van der Waals surface area contributed by atoms with E-state index in [-0.39, 0.29) is 12.4 Å². The first kappa shape index (κ1) is 11.4. The molecule has 0 atom stereocenters. The molecule has 86 valence electrons. The number of imidazole rings is 1. The second-order valence-electron chi connectivity index (χ2n) is 3.50. The number of nitrogens with zero attached hydrogens (tertiary/aromatic N) is 2. The molecule has 0 spiro atoms. The minimum atomic E-state index is -0.332. The lowest BCUT2D eigenvalue weighted by atomic mass is 10.1. The monoisotopic (exact) mass is 230 g/mol. The number of hydrogen-bond donors (Lipinski definition) is 1. The number of benzene rings is 1. The van der Waals surface area contributed by atoms with E-state index in [9.17, 15) is 4.39 Å². The van der Waals surface area contributed by atoms with Gasteiger partial charge >= 0.3 is 0 Å². The van der Waals surface area contributed by atoms with Crippen molar-refractivity contribution in [2.75, 3.05) is 6.61 Å². The average molecular weight is 230 g/mol. The van der Waals surface area contributed by atoms with Crippen molar-refractivity contribution in [3.63, 3.8) is 0 Å². The van der Waals surface area contributed by atoms with Gasteiger partial charge in [0.1, 0.15) is 12.4 Å². The highest BCUT2D eigenvalue weighted by Gasteiger charge is 2.02. The van der Waals surface area contributed by atoms with Gasteiger partial charge < -0.3 is 9.67 Å². The topological polar surface area (TPSA) is 38.0 Å². The van der Waals surface area contributed by atoms with Crippen molar-refractivity contribution in [2.45, 2.75) is 6.54 Å². The molecule has 2 aromatic rings. The van der Waals surface area contributed by atoms with Gasteiger partial charge in [-0.05, 0) is 17.7 Å². The van der Waals surface area contributed by atoms with Gasteiger partial charge in [0.25, 0.3) is 0 Å². The predicted octanol–water partition coefficient (Wildman–Crippen LogP) is 1.41. The Bertz CT molecular complexity index is 553. The van der Waals surface area contributed by atoms with Crippen LogP contribution in [0.3, 0.4) is 0 Å². The van der Waals surface area contributed by atoms with Crippen LogP contribution in [0, 0.1) is 17.7 Å². The number of aliphatic hydroxyl groups is 1. The van der Waals surface area contributed by atoms with E-state index in [0.717, 1.165) is 5.56 Å². The normalized spacial score (nSPS) is 9.76. The smallest absolute Gasteiger partial charge is 0.124 e. The molecule has 1 heterocycles. The summed E-state index contributed by atoms with van der Waals surface area (Å²) in [5.74, 6) is 4.94. The summed E-state index contributed by atoms with van der Waals surface area (Å²) in [6.45, 7) is 0.344. The van der Waals surface area contributed by atoms with Crippen LogP contribution in [-0.2, 0) is 6.54 Å². The number of rotatable bonds is 2. The summed E-state index contributed by atoms with van der Waals surface area (Å²) >= 11 is 0. The molecule has 1 N–H and O–H groups in total. The molecule has 2 rings (SSSR count). The molecule has 0 fully saturated rings. The lowest BCUT2D eigenvalue weighted by Gasteiger charge is -2.05. The van der Waals surface area contributed by atoms with Crippen molar-refractivity contribution in [3.05, 3.63) is 53.9 Å². The summed E-state index contributed by atoms with van der Waals surface area (Å²) in [4.78, 5) is 3.94. The molecule has 4 heteroatoms. The van der Waals surface area contributed by atoms with Gasteiger partial charge in [-0.2, -0.15) is 0 Å². The van der Waals surface area contributed by atoms with Gasteiger partial charge in [-0.25, -0.2) is 9.37 Å². The molecule has 0 aliphatic carbocycles. The van der Waals surface area contributed by atoms with Crippen molar-refractivity contribution in [3.8, 4) is 11.8 Å². The van der Waals surface area contributed by atoms with E-state index in [1.54, 1.807) is 18.6 Å². The summed E-state index contributed by atoms with van der Waals surface area (Å²) in [5, 5.41) is 8.66. The SMILES string of the molecule is OCC#Cc1cc(F)ccc1Cn1ccnc1. The summed E-state index contributed by atoms with van der Waals surface area (Å²) in [6.07, 6.45) is 5.20. The summed E-state index contributed by atoms with van der Waals surface area (Å²) in [6, 6.07) is 4.46. The zero-order valence-electron chi connectivity index (χ0n) is 9.10. The second kappa shape index (κ2) is 5.28. The van der Waals surface area contributed by atoms with Crippen molar-refractivity contribution >= 4 is 0 Å². The molecule has 0 bridgehead atoms. The third kappa shape index (κ3) is 2.92. The van der Waals surface area contributed by atoms with E-state index in [2.05, 4.69) is 16.8 Å². The summed E-state index contributed by atoms with van der Waals surface area (Å²) in [7, 11) is 0. The highest BCUT2D eigenvalue weighted by molar-refractivity contribution is 5.41. The van der Waals surface area contributed by atoms with Crippen LogP contribution in [0.15, 0.2) is 36.9 Å². The van der Waals surface area contributed by atoms with E-state index in [0.29, 0.717) is 12.1 Å². The maximum Gasteiger partial charge on any atom is 0.124 e. The first-order chi connectivity index (χ1) is 8.29. The lowest BCUT2D eigenvalue weighted by molar-refractivity contribution is 0.350. The highest BCUT2D eigenvalue weighted by Crippen LogP contribution is 2.12. The van der Waals surface area contributed by atoms with E-state index >= 15 is 0 Å². The van der Waals surface area contributed by atoms with E-state index in [4.69, 9.17) is 5.11 Å². The molecular weight excluding hydrogens is 219 g/mol. The van der Waals surface area contributed by atoms with Crippen LogP contribution < -0.4 is 0 Å². The molecule has 0 saturated heterocycles. The van der Waals surface area contributed by atoms with Crippen LogP contribution in [0.4, 0.5) is 4.39 Å². The maximum absolute atomic E-state index is 13.1. The van der Waals surface area contributed by atoms with Crippen LogP contribution in [-0.4, -0.2) is 21.3 Å². The molecule has 0 saturated carbocycles.